The predicted molar refractivity (Wildman–Crippen MR) is 89.5 cm³/mol. The lowest BCUT2D eigenvalue weighted by molar-refractivity contribution is 0.271. The maximum Gasteiger partial charge on any atom is 0.279 e. The maximum absolute atomic E-state index is 12.3. The molecule has 3 rings (SSSR count). The molecule has 0 aliphatic heterocycles. The van der Waals surface area contributed by atoms with E-state index < -0.39 is 0 Å². The first kappa shape index (κ1) is 14.7. The molecule has 0 unspecified atom stereocenters. The largest absolute Gasteiger partial charge is 0.493 e. The third kappa shape index (κ3) is 3.14. The van der Waals surface area contributed by atoms with Crippen molar-refractivity contribution >= 4 is 21.4 Å². The van der Waals surface area contributed by atoms with Crippen LogP contribution in [-0.4, -0.2) is 16.6 Å². The van der Waals surface area contributed by atoms with E-state index in [2.05, 4.69) is 23.8 Å². The molecule has 22 heavy (non-hydrogen) atoms. The average Bonchev–Trinajstić information content (AvgIpc) is 2.54. The Hall–Kier alpha value is -2.27. The van der Waals surface area contributed by atoms with Crippen molar-refractivity contribution in [3.05, 3.63) is 52.9 Å². The minimum atomic E-state index is -0.246. The lowest BCUT2D eigenvalue weighted by Gasteiger charge is -2.09. The van der Waals surface area contributed by atoms with E-state index >= 15 is 0 Å². The third-order valence-electron chi connectivity index (χ3n) is 3.06. The molecule has 0 aliphatic rings. The van der Waals surface area contributed by atoms with Crippen molar-refractivity contribution in [2.24, 2.45) is 5.92 Å². The van der Waals surface area contributed by atoms with Gasteiger partial charge in [0, 0.05) is 10.9 Å². The van der Waals surface area contributed by atoms with Crippen LogP contribution >= 0.6 is 11.3 Å². The number of hydrogen-bond acceptors (Lipinski definition) is 5. The highest BCUT2D eigenvalue weighted by Crippen LogP contribution is 2.27. The molecule has 2 aromatic heterocycles. The van der Waals surface area contributed by atoms with Gasteiger partial charge in [-0.05, 0) is 36.2 Å². The second kappa shape index (κ2) is 6.23. The smallest absolute Gasteiger partial charge is 0.279 e. The zero-order chi connectivity index (χ0) is 15.5. The number of hydrogen-bond donors (Lipinski definition) is 0. The molecule has 0 aliphatic carbocycles. The first-order valence-electron chi connectivity index (χ1n) is 7.12. The second-order valence-corrected chi connectivity index (χ2v) is 6.43. The zero-order valence-electron chi connectivity index (χ0n) is 12.4. The van der Waals surface area contributed by atoms with Gasteiger partial charge in [0.15, 0.2) is 0 Å². The summed E-state index contributed by atoms with van der Waals surface area (Å²) in [5.41, 5.74) is 0.469. The van der Waals surface area contributed by atoms with Crippen LogP contribution in [-0.2, 0) is 0 Å². The van der Waals surface area contributed by atoms with Gasteiger partial charge in [-0.25, -0.2) is 0 Å². The number of ether oxygens (including phenoxy) is 1. The van der Waals surface area contributed by atoms with Gasteiger partial charge in [-0.3, -0.25) is 9.78 Å². The van der Waals surface area contributed by atoms with Crippen LogP contribution in [0.5, 0.6) is 5.75 Å². The predicted octanol–water partition coefficient (Wildman–Crippen LogP) is 3.75. The van der Waals surface area contributed by atoms with E-state index in [4.69, 9.17) is 4.74 Å². The molecule has 112 valence electrons. The summed E-state index contributed by atoms with van der Waals surface area (Å²) in [5, 5.41) is 1.22. The van der Waals surface area contributed by atoms with E-state index in [0.717, 1.165) is 4.70 Å². The monoisotopic (exact) mass is 312 g/mol. The second-order valence-electron chi connectivity index (χ2n) is 5.40. The summed E-state index contributed by atoms with van der Waals surface area (Å²) in [7, 11) is 0. The van der Waals surface area contributed by atoms with Gasteiger partial charge >= 0.3 is 0 Å². The van der Waals surface area contributed by atoms with Crippen molar-refractivity contribution in [3.63, 3.8) is 0 Å². The van der Waals surface area contributed by atoms with E-state index in [-0.39, 0.29) is 5.56 Å². The lowest BCUT2D eigenvalue weighted by atomic mass is 10.2. The summed E-state index contributed by atoms with van der Waals surface area (Å²) >= 11 is 1.46. The van der Waals surface area contributed by atoms with Crippen LogP contribution < -0.4 is 10.3 Å². The number of fused-ring (bicyclic) bond motifs is 1. The van der Waals surface area contributed by atoms with Crippen molar-refractivity contribution in [3.8, 4) is 16.5 Å². The minimum Gasteiger partial charge on any atom is -0.493 e. The van der Waals surface area contributed by atoms with Gasteiger partial charge in [0.25, 0.3) is 5.56 Å². The molecule has 0 fully saturated rings. The van der Waals surface area contributed by atoms with Gasteiger partial charge in [0.05, 0.1) is 17.7 Å². The Bertz CT molecular complexity index is 844. The minimum absolute atomic E-state index is 0.246. The molecule has 3 aromatic rings. The van der Waals surface area contributed by atoms with E-state index in [1.165, 1.54) is 11.3 Å². The molecule has 0 atom stereocenters. The van der Waals surface area contributed by atoms with Gasteiger partial charge in [-0.2, -0.15) is 4.98 Å². The first-order chi connectivity index (χ1) is 10.6. The normalized spacial score (nSPS) is 11.0. The zero-order valence-corrected chi connectivity index (χ0v) is 13.3. The molecule has 0 spiro atoms. The fraction of sp³-hybridized carbons (Fsp3) is 0.235. The Balaban J connectivity index is 2.02. The van der Waals surface area contributed by atoms with Crippen LogP contribution in [0.3, 0.4) is 0 Å². The van der Waals surface area contributed by atoms with Gasteiger partial charge in [-0.1, -0.05) is 19.9 Å². The molecule has 2 heterocycles. The average molecular weight is 312 g/mol. The molecule has 1 aromatic carbocycles. The van der Waals surface area contributed by atoms with Crippen LogP contribution in [0.15, 0.2) is 47.4 Å². The molecule has 0 N–H and O–H groups in total. The Morgan fingerprint density at radius 2 is 2.09 bits per heavy atom. The van der Waals surface area contributed by atoms with Crippen molar-refractivity contribution in [2.75, 3.05) is 6.61 Å². The molecule has 0 saturated heterocycles. The topological polar surface area (TPSA) is 52.1 Å². The van der Waals surface area contributed by atoms with Crippen molar-refractivity contribution in [1.82, 2.24) is 9.97 Å². The highest BCUT2D eigenvalue weighted by atomic mass is 32.1. The molecular formula is C17H16N2O2S. The summed E-state index contributed by atoms with van der Waals surface area (Å²) < 4.78 is 6.56. The summed E-state index contributed by atoms with van der Waals surface area (Å²) in [6, 6.07) is 11.1. The van der Waals surface area contributed by atoms with E-state index in [1.807, 2.05) is 30.3 Å². The summed E-state index contributed by atoms with van der Waals surface area (Å²) in [4.78, 5) is 20.7. The van der Waals surface area contributed by atoms with Crippen LogP contribution in [0.4, 0.5) is 0 Å². The van der Waals surface area contributed by atoms with E-state index in [0.29, 0.717) is 34.4 Å². The van der Waals surface area contributed by atoms with Gasteiger partial charge in [0.1, 0.15) is 10.8 Å². The van der Waals surface area contributed by atoms with Crippen molar-refractivity contribution in [1.29, 1.82) is 0 Å². The quantitative estimate of drug-likeness (QED) is 0.736. The molecule has 0 bridgehead atoms. The Morgan fingerprint density at radius 1 is 1.23 bits per heavy atom. The van der Waals surface area contributed by atoms with E-state index in [9.17, 15) is 4.79 Å². The first-order valence-corrected chi connectivity index (χ1v) is 7.94. The molecule has 4 nitrogen and oxygen atoms in total. The molecule has 0 saturated carbocycles. The molecule has 0 amide bonds. The SMILES string of the molecule is CC(C)COc1ccc2sc(-c3ccccn3)nc(=O)c2c1. The summed E-state index contributed by atoms with van der Waals surface area (Å²) in [6.45, 7) is 4.80. The summed E-state index contributed by atoms with van der Waals surface area (Å²) in [5.74, 6) is 1.15. The van der Waals surface area contributed by atoms with Crippen LogP contribution in [0.2, 0.25) is 0 Å². The van der Waals surface area contributed by atoms with Crippen LogP contribution in [0, 0.1) is 5.92 Å². The standard InChI is InChI=1S/C17H16N2O2S/c1-11(2)10-21-12-6-7-15-13(9-12)16(20)19-17(22-15)14-5-3-4-8-18-14/h3-9,11H,10H2,1-2H3. The van der Waals surface area contributed by atoms with E-state index in [1.54, 1.807) is 12.3 Å². The van der Waals surface area contributed by atoms with Crippen LogP contribution in [0.1, 0.15) is 13.8 Å². The van der Waals surface area contributed by atoms with Crippen molar-refractivity contribution < 1.29 is 4.74 Å². The number of nitrogens with zero attached hydrogens (tertiary/aromatic N) is 2. The number of aromatic nitrogens is 2. The number of rotatable bonds is 4. The van der Waals surface area contributed by atoms with Gasteiger partial charge < -0.3 is 4.74 Å². The lowest BCUT2D eigenvalue weighted by Crippen LogP contribution is -2.08. The van der Waals surface area contributed by atoms with Gasteiger partial charge in [0.2, 0.25) is 0 Å². The molecule has 5 heteroatoms. The number of benzene rings is 1. The fourth-order valence-electron chi connectivity index (χ4n) is 2.00. The Morgan fingerprint density at radius 3 is 2.82 bits per heavy atom. The highest BCUT2D eigenvalue weighted by molar-refractivity contribution is 7.21. The highest BCUT2D eigenvalue weighted by Gasteiger charge is 2.09. The Kier molecular flexibility index (Phi) is 4.15. The molecular weight excluding hydrogens is 296 g/mol. The van der Waals surface area contributed by atoms with Crippen molar-refractivity contribution in [2.45, 2.75) is 13.8 Å². The maximum atomic E-state index is 12.3. The Labute approximate surface area is 132 Å². The summed E-state index contributed by atoms with van der Waals surface area (Å²) in [6.07, 6.45) is 1.70. The third-order valence-corrected chi connectivity index (χ3v) is 4.13. The fourth-order valence-corrected chi connectivity index (χ4v) is 2.95. The molecule has 0 radical (unpaired) electrons. The van der Waals surface area contributed by atoms with Crippen LogP contribution in [0.25, 0.3) is 20.8 Å². The number of pyridine rings is 1. The van der Waals surface area contributed by atoms with Gasteiger partial charge in [-0.15, -0.1) is 11.3 Å².